The van der Waals surface area contributed by atoms with Crippen molar-refractivity contribution in [2.45, 2.75) is 26.3 Å². The molecule has 2 aromatic rings. The molecule has 3 N–H and O–H groups in total. The number of aryl methyl sites for hydroxylation is 1. The summed E-state index contributed by atoms with van der Waals surface area (Å²) in [4.78, 5) is 4.17. The molecular weight excluding hydrogens is 270 g/mol. The summed E-state index contributed by atoms with van der Waals surface area (Å²) in [5, 5.41) is 4.14. The Morgan fingerprint density at radius 1 is 1.30 bits per heavy atom. The Morgan fingerprint density at radius 2 is 2.05 bits per heavy atom. The maximum absolute atomic E-state index is 6.08. The van der Waals surface area contributed by atoms with E-state index in [1.54, 1.807) is 6.20 Å². The summed E-state index contributed by atoms with van der Waals surface area (Å²) in [6.07, 6.45) is 2.63. The second-order valence-corrected chi connectivity index (χ2v) is 5.31. The van der Waals surface area contributed by atoms with Crippen LogP contribution in [0.2, 0.25) is 5.02 Å². The predicted molar refractivity (Wildman–Crippen MR) is 85.0 cm³/mol. The van der Waals surface area contributed by atoms with Gasteiger partial charge in [0.25, 0.3) is 0 Å². The molecule has 20 heavy (non-hydrogen) atoms. The van der Waals surface area contributed by atoms with Gasteiger partial charge in [-0.15, -0.1) is 0 Å². The Bertz CT molecular complexity index is 584. The molecule has 0 saturated heterocycles. The average molecular weight is 290 g/mol. The number of hydrogen-bond donors (Lipinski definition) is 2. The van der Waals surface area contributed by atoms with Gasteiger partial charge in [0.1, 0.15) is 5.82 Å². The molecule has 3 nitrogen and oxygen atoms in total. The van der Waals surface area contributed by atoms with E-state index in [0.717, 1.165) is 18.5 Å². The Morgan fingerprint density at radius 3 is 2.75 bits per heavy atom. The zero-order chi connectivity index (χ0) is 14.5. The van der Waals surface area contributed by atoms with Gasteiger partial charge in [-0.25, -0.2) is 4.98 Å². The van der Waals surface area contributed by atoms with E-state index in [1.165, 1.54) is 11.1 Å². The number of anilines is 1. The Labute approximate surface area is 125 Å². The summed E-state index contributed by atoms with van der Waals surface area (Å²) in [7, 11) is 0. The number of pyridine rings is 1. The molecule has 106 valence electrons. The van der Waals surface area contributed by atoms with Crippen molar-refractivity contribution in [3.8, 4) is 0 Å². The van der Waals surface area contributed by atoms with E-state index >= 15 is 0 Å². The lowest BCUT2D eigenvalue weighted by molar-refractivity contribution is 0.596. The van der Waals surface area contributed by atoms with E-state index < -0.39 is 0 Å². The van der Waals surface area contributed by atoms with Crippen molar-refractivity contribution in [3.05, 3.63) is 58.2 Å². The van der Waals surface area contributed by atoms with Gasteiger partial charge in [0, 0.05) is 11.8 Å². The first-order valence-corrected chi connectivity index (χ1v) is 7.21. The van der Waals surface area contributed by atoms with Crippen LogP contribution in [0.1, 0.15) is 36.1 Å². The molecule has 0 aliphatic rings. The molecule has 0 aliphatic heterocycles. The number of nitrogens with one attached hydrogen (secondary N) is 1. The molecule has 1 atom stereocenters. The molecule has 2 rings (SSSR count). The quantitative estimate of drug-likeness (QED) is 0.882. The van der Waals surface area contributed by atoms with Gasteiger partial charge in [0.15, 0.2) is 0 Å². The topological polar surface area (TPSA) is 50.9 Å². The SMILES string of the molecule is CCCNC(c1ccccc1C)c1cc(Cl)cnc1N. The van der Waals surface area contributed by atoms with Crippen molar-refractivity contribution >= 4 is 17.4 Å². The summed E-state index contributed by atoms with van der Waals surface area (Å²) in [5.74, 6) is 0.520. The summed E-state index contributed by atoms with van der Waals surface area (Å²) in [6.45, 7) is 5.15. The molecule has 1 heterocycles. The van der Waals surface area contributed by atoms with E-state index in [9.17, 15) is 0 Å². The molecule has 1 aromatic carbocycles. The van der Waals surface area contributed by atoms with Crippen molar-refractivity contribution in [2.75, 3.05) is 12.3 Å². The molecule has 0 amide bonds. The second-order valence-electron chi connectivity index (χ2n) is 4.87. The van der Waals surface area contributed by atoms with Crippen LogP contribution < -0.4 is 11.1 Å². The Kier molecular flexibility index (Phi) is 4.99. The molecule has 0 radical (unpaired) electrons. The van der Waals surface area contributed by atoms with Crippen molar-refractivity contribution in [2.24, 2.45) is 0 Å². The minimum absolute atomic E-state index is 0.0161. The number of nitrogens with two attached hydrogens (primary N) is 1. The van der Waals surface area contributed by atoms with Gasteiger partial charge in [-0.1, -0.05) is 42.8 Å². The minimum atomic E-state index is 0.0161. The fourth-order valence-electron chi connectivity index (χ4n) is 2.28. The normalized spacial score (nSPS) is 12.3. The number of halogens is 1. The van der Waals surface area contributed by atoms with Crippen LogP contribution in [0.3, 0.4) is 0 Å². The fraction of sp³-hybridized carbons (Fsp3) is 0.312. The zero-order valence-corrected chi connectivity index (χ0v) is 12.6. The third-order valence-electron chi connectivity index (χ3n) is 3.33. The first-order valence-electron chi connectivity index (χ1n) is 6.83. The van der Waals surface area contributed by atoms with Crippen LogP contribution in [-0.4, -0.2) is 11.5 Å². The van der Waals surface area contributed by atoms with Crippen molar-refractivity contribution in [3.63, 3.8) is 0 Å². The third-order valence-corrected chi connectivity index (χ3v) is 3.53. The fourth-order valence-corrected chi connectivity index (χ4v) is 2.45. The third kappa shape index (κ3) is 3.30. The van der Waals surface area contributed by atoms with Gasteiger partial charge in [0.2, 0.25) is 0 Å². The zero-order valence-electron chi connectivity index (χ0n) is 11.9. The maximum Gasteiger partial charge on any atom is 0.128 e. The molecule has 1 unspecified atom stereocenters. The van der Waals surface area contributed by atoms with E-state index in [4.69, 9.17) is 17.3 Å². The average Bonchev–Trinajstić information content (AvgIpc) is 2.44. The van der Waals surface area contributed by atoms with E-state index in [-0.39, 0.29) is 6.04 Å². The van der Waals surface area contributed by atoms with E-state index in [1.807, 2.05) is 18.2 Å². The highest BCUT2D eigenvalue weighted by atomic mass is 35.5. The summed E-state index contributed by atoms with van der Waals surface area (Å²) < 4.78 is 0. The molecule has 0 aliphatic carbocycles. The van der Waals surface area contributed by atoms with Gasteiger partial charge >= 0.3 is 0 Å². The lowest BCUT2D eigenvalue weighted by atomic mass is 9.95. The lowest BCUT2D eigenvalue weighted by Crippen LogP contribution is -2.25. The first kappa shape index (κ1) is 14.8. The van der Waals surface area contributed by atoms with Gasteiger partial charge < -0.3 is 11.1 Å². The highest BCUT2D eigenvalue weighted by molar-refractivity contribution is 6.30. The van der Waals surface area contributed by atoms with E-state index in [2.05, 4.69) is 36.3 Å². The van der Waals surface area contributed by atoms with Gasteiger partial charge in [-0.3, -0.25) is 0 Å². The van der Waals surface area contributed by atoms with Gasteiger partial charge in [-0.2, -0.15) is 0 Å². The van der Waals surface area contributed by atoms with Crippen LogP contribution in [0.4, 0.5) is 5.82 Å². The van der Waals surface area contributed by atoms with E-state index in [0.29, 0.717) is 10.8 Å². The highest BCUT2D eigenvalue weighted by Crippen LogP contribution is 2.29. The van der Waals surface area contributed by atoms with Crippen LogP contribution in [0, 0.1) is 6.92 Å². The molecular formula is C16H20ClN3. The van der Waals surface area contributed by atoms with Crippen molar-refractivity contribution in [1.82, 2.24) is 10.3 Å². The monoisotopic (exact) mass is 289 g/mol. The standard InChI is InChI=1S/C16H20ClN3/c1-3-8-19-15(13-7-5-4-6-11(13)2)14-9-12(17)10-20-16(14)18/h4-7,9-10,15,19H,3,8H2,1-2H3,(H2,18,20). The predicted octanol–water partition coefficient (Wildman–Crippen LogP) is 3.71. The molecule has 0 spiro atoms. The van der Waals surface area contributed by atoms with Crippen LogP contribution in [-0.2, 0) is 0 Å². The Balaban J connectivity index is 2.47. The number of nitrogens with zero attached hydrogens (tertiary/aromatic N) is 1. The minimum Gasteiger partial charge on any atom is -0.383 e. The smallest absolute Gasteiger partial charge is 0.128 e. The molecule has 0 bridgehead atoms. The van der Waals surface area contributed by atoms with Gasteiger partial charge in [0.05, 0.1) is 11.1 Å². The summed E-state index contributed by atoms with van der Waals surface area (Å²) in [5.41, 5.74) is 9.40. The van der Waals surface area contributed by atoms with Crippen molar-refractivity contribution < 1.29 is 0 Å². The number of rotatable bonds is 5. The molecule has 4 heteroatoms. The number of aromatic nitrogens is 1. The molecule has 0 fully saturated rings. The van der Waals surface area contributed by atoms with Crippen LogP contribution in [0.5, 0.6) is 0 Å². The lowest BCUT2D eigenvalue weighted by Gasteiger charge is -2.22. The second kappa shape index (κ2) is 6.73. The first-order chi connectivity index (χ1) is 9.63. The molecule has 1 aromatic heterocycles. The number of nitrogen functional groups attached to an aromatic ring is 1. The maximum atomic E-state index is 6.08. The summed E-state index contributed by atoms with van der Waals surface area (Å²) >= 11 is 6.08. The number of benzene rings is 1. The largest absolute Gasteiger partial charge is 0.383 e. The highest BCUT2D eigenvalue weighted by Gasteiger charge is 2.18. The van der Waals surface area contributed by atoms with Crippen LogP contribution in [0.15, 0.2) is 36.5 Å². The van der Waals surface area contributed by atoms with Crippen LogP contribution >= 0.6 is 11.6 Å². The summed E-state index contributed by atoms with van der Waals surface area (Å²) in [6, 6.07) is 10.2. The van der Waals surface area contributed by atoms with Crippen molar-refractivity contribution in [1.29, 1.82) is 0 Å². The van der Waals surface area contributed by atoms with Crippen LogP contribution in [0.25, 0.3) is 0 Å². The molecule has 0 saturated carbocycles. The number of hydrogen-bond acceptors (Lipinski definition) is 3. The Hall–Kier alpha value is -1.58. The van der Waals surface area contributed by atoms with Gasteiger partial charge in [-0.05, 0) is 37.1 Å².